The first kappa shape index (κ1) is 18.9. The lowest BCUT2D eigenvalue weighted by atomic mass is 10.1. The molecular weight excluding hydrogens is 232 g/mol. The predicted molar refractivity (Wildman–Crippen MR) is 87.8 cm³/mol. The van der Waals surface area contributed by atoms with Gasteiger partial charge in [-0.3, -0.25) is 0 Å². The van der Waals surface area contributed by atoms with Gasteiger partial charge in [-0.15, -0.1) is 0 Å². The molecule has 0 unspecified atom stereocenters. The number of unbranched alkanes of at least 4 members (excludes halogenated alkanes) is 1. The fourth-order valence-corrected chi connectivity index (χ4v) is 2.60. The van der Waals surface area contributed by atoms with Crippen LogP contribution in [0, 0.1) is 5.92 Å². The molecule has 0 aliphatic carbocycles. The molecule has 0 aromatic rings. The summed E-state index contributed by atoms with van der Waals surface area (Å²) in [5.41, 5.74) is 0.257. The molecule has 0 saturated carbocycles. The highest BCUT2D eigenvalue weighted by Crippen LogP contribution is 2.12. The monoisotopic (exact) mass is 270 g/mol. The molecule has 2 heteroatoms. The van der Waals surface area contributed by atoms with E-state index < -0.39 is 0 Å². The van der Waals surface area contributed by atoms with E-state index in [0.29, 0.717) is 0 Å². The molecule has 0 amide bonds. The Morgan fingerprint density at radius 1 is 1.00 bits per heavy atom. The van der Waals surface area contributed by atoms with Crippen molar-refractivity contribution in [1.29, 1.82) is 0 Å². The van der Waals surface area contributed by atoms with Crippen molar-refractivity contribution in [1.82, 2.24) is 10.2 Å². The van der Waals surface area contributed by atoms with Crippen LogP contribution in [0.5, 0.6) is 0 Å². The third-order valence-electron chi connectivity index (χ3n) is 3.59. The molecule has 19 heavy (non-hydrogen) atoms. The van der Waals surface area contributed by atoms with Crippen LogP contribution < -0.4 is 5.32 Å². The van der Waals surface area contributed by atoms with Crippen LogP contribution in [0.1, 0.15) is 74.1 Å². The Labute approximate surface area is 122 Å². The van der Waals surface area contributed by atoms with Gasteiger partial charge < -0.3 is 10.2 Å². The van der Waals surface area contributed by atoms with Gasteiger partial charge in [0, 0.05) is 18.1 Å². The van der Waals surface area contributed by atoms with Crippen molar-refractivity contribution in [2.75, 3.05) is 19.6 Å². The molecule has 0 aliphatic rings. The average Bonchev–Trinajstić information content (AvgIpc) is 2.27. The van der Waals surface area contributed by atoms with Gasteiger partial charge in [0.2, 0.25) is 0 Å². The fraction of sp³-hybridized carbons (Fsp3) is 1.00. The lowest BCUT2D eigenvalue weighted by Crippen LogP contribution is -2.39. The van der Waals surface area contributed by atoms with E-state index in [0.717, 1.165) is 18.5 Å². The normalized spacial score (nSPS) is 12.9. The van der Waals surface area contributed by atoms with Gasteiger partial charge in [-0.05, 0) is 65.5 Å². The summed E-state index contributed by atoms with van der Waals surface area (Å²) in [6.45, 7) is 19.7. The zero-order chi connectivity index (χ0) is 14.9. The van der Waals surface area contributed by atoms with Gasteiger partial charge in [-0.2, -0.15) is 0 Å². The maximum atomic E-state index is 3.58. The minimum atomic E-state index is 0.257. The zero-order valence-corrected chi connectivity index (χ0v) is 14.6. The van der Waals surface area contributed by atoms with Crippen LogP contribution in [-0.2, 0) is 0 Å². The summed E-state index contributed by atoms with van der Waals surface area (Å²) in [4.78, 5) is 2.71. The van der Waals surface area contributed by atoms with E-state index >= 15 is 0 Å². The number of nitrogens with zero attached hydrogens (tertiary/aromatic N) is 1. The fourth-order valence-electron chi connectivity index (χ4n) is 2.60. The van der Waals surface area contributed by atoms with Crippen molar-refractivity contribution in [3.05, 3.63) is 0 Å². The number of hydrogen-bond donors (Lipinski definition) is 1. The van der Waals surface area contributed by atoms with Gasteiger partial charge in [0.05, 0.1) is 0 Å². The van der Waals surface area contributed by atoms with Gasteiger partial charge in [-0.25, -0.2) is 0 Å². The largest absolute Gasteiger partial charge is 0.312 e. The quantitative estimate of drug-likeness (QED) is 0.595. The Bertz CT molecular complexity index is 202. The zero-order valence-electron chi connectivity index (χ0n) is 14.6. The Balaban J connectivity index is 3.99. The SMILES string of the molecule is CCC(CC)N(CCCCNC(C)(C)C)CC(C)C. The highest BCUT2D eigenvalue weighted by atomic mass is 15.1. The van der Waals surface area contributed by atoms with Gasteiger partial charge in [0.25, 0.3) is 0 Å². The second kappa shape index (κ2) is 9.77. The summed E-state index contributed by atoms with van der Waals surface area (Å²) < 4.78 is 0. The van der Waals surface area contributed by atoms with Gasteiger partial charge in [0.15, 0.2) is 0 Å². The Morgan fingerprint density at radius 3 is 2.00 bits per heavy atom. The number of rotatable bonds is 10. The molecular formula is C17H38N2. The van der Waals surface area contributed by atoms with Gasteiger partial charge in [0.1, 0.15) is 0 Å². The van der Waals surface area contributed by atoms with Crippen LogP contribution in [0.3, 0.4) is 0 Å². The molecule has 0 fully saturated rings. The molecule has 0 aliphatic heterocycles. The molecule has 0 spiro atoms. The lowest BCUT2D eigenvalue weighted by Gasteiger charge is -2.32. The first-order valence-electron chi connectivity index (χ1n) is 8.29. The molecule has 0 aromatic heterocycles. The predicted octanol–water partition coefficient (Wildman–Crippen LogP) is 4.30. The van der Waals surface area contributed by atoms with Crippen molar-refractivity contribution in [2.45, 2.75) is 85.7 Å². The Morgan fingerprint density at radius 2 is 1.58 bits per heavy atom. The van der Waals surface area contributed by atoms with E-state index in [9.17, 15) is 0 Å². The summed E-state index contributed by atoms with van der Waals surface area (Å²) in [6, 6.07) is 0.776. The van der Waals surface area contributed by atoms with E-state index in [2.05, 4.69) is 58.7 Å². The summed E-state index contributed by atoms with van der Waals surface area (Å²) in [5, 5.41) is 3.58. The summed E-state index contributed by atoms with van der Waals surface area (Å²) in [6.07, 6.45) is 5.16. The maximum Gasteiger partial charge on any atom is 0.00965 e. The summed E-state index contributed by atoms with van der Waals surface area (Å²) >= 11 is 0. The van der Waals surface area contributed by atoms with E-state index in [4.69, 9.17) is 0 Å². The number of nitrogens with one attached hydrogen (secondary N) is 1. The maximum absolute atomic E-state index is 3.58. The molecule has 116 valence electrons. The van der Waals surface area contributed by atoms with E-state index in [1.165, 1.54) is 38.8 Å². The minimum Gasteiger partial charge on any atom is -0.312 e. The summed E-state index contributed by atoms with van der Waals surface area (Å²) in [5.74, 6) is 0.772. The van der Waals surface area contributed by atoms with Crippen molar-refractivity contribution >= 4 is 0 Å². The van der Waals surface area contributed by atoms with E-state index in [-0.39, 0.29) is 5.54 Å². The molecule has 0 saturated heterocycles. The van der Waals surface area contributed by atoms with Crippen molar-refractivity contribution in [3.8, 4) is 0 Å². The van der Waals surface area contributed by atoms with Gasteiger partial charge in [-0.1, -0.05) is 27.7 Å². The van der Waals surface area contributed by atoms with Crippen LogP contribution >= 0.6 is 0 Å². The molecule has 1 N–H and O–H groups in total. The van der Waals surface area contributed by atoms with E-state index in [1.807, 2.05) is 0 Å². The first-order chi connectivity index (χ1) is 8.80. The van der Waals surface area contributed by atoms with Crippen molar-refractivity contribution in [2.24, 2.45) is 5.92 Å². The molecule has 2 nitrogen and oxygen atoms in total. The topological polar surface area (TPSA) is 15.3 Å². The molecule has 0 aromatic carbocycles. The highest BCUT2D eigenvalue weighted by Gasteiger charge is 2.15. The molecule has 0 rings (SSSR count). The van der Waals surface area contributed by atoms with Crippen LogP contribution in [0.4, 0.5) is 0 Å². The van der Waals surface area contributed by atoms with Crippen molar-refractivity contribution < 1.29 is 0 Å². The molecule has 0 bridgehead atoms. The first-order valence-corrected chi connectivity index (χ1v) is 8.29. The van der Waals surface area contributed by atoms with E-state index in [1.54, 1.807) is 0 Å². The Kier molecular flexibility index (Phi) is 9.72. The lowest BCUT2D eigenvalue weighted by molar-refractivity contribution is 0.162. The molecule has 0 heterocycles. The second-order valence-corrected chi connectivity index (χ2v) is 7.24. The van der Waals surface area contributed by atoms with Crippen LogP contribution in [0.25, 0.3) is 0 Å². The van der Waals surface area contributed by atoms with Crippen LogP contribution in [0.15, 0.2) is 0 Å². The standard InChI is InChI=1S/C17H38N2/c1-8-16(9-2)19(14-15(3)4)13-11-10-12-18-17(5,6)7/h15-16,18H,8-14H2,1-7H3. The second-order valence-electron chi connectivity index (χ2n) is 7.24. The molecule has 0 atom stereocenters. The highest BCUT2D eigenvalue weighted by molar-refractivity contribution is 4.72. The number of hydrogen-bond acceptors (Lipinski definition) is 2. The summed E-state index contributed by atoms with van der Waals surface area (Å²) in [7, 11) is 0. The van der Waals surface area contributed by atoms with Gasteiger partial charge >= 0.3 is 0 Å². The molecule has 0 radical (unpaired) electrons. The smallest absolute Gasteiger partial charge is 0.00965 e. The Hall–Kier alpha value is -0.0800. The minimum absolute atomic E-state index is 0.257. The van der Waals surface area contributed by atoms with Crippen LogP contribution in [0.2, 0.25) is 0 Å². The van der Waals surface area contributed by atoms with Crippen molar-refractivity contribution in [3.63, 3.8) is 0 Å². The van der Waals surface area contributed by atoms with Crippen LogP contribution in [-0.4, -0.2) is 36.1 Å². The average molecular weight is 271 g/mol. The third kappa shape index (κ3) is 10.4. The third-order valence-corrected chi connectivity index (χ3v) is 3.59.